The number of benzene rings is 1. The second-order valence-corrected chi connectivity index (χ2v) is 7.07. The number of aromatic nitrogens is 1. The Morgan fingerprint density at radius 2 is 2.00 bits per heavy atom. The van der Waals surface area contributed by atoms with Gasteiger partial charge in [-0.05, 0) is 24.6 Å². The first-order valence-corrected chi connectivity index (χ1v) is 9.41. The molecule has 26 heavy (non-hydrogen) atoms. The van der Waals surface area contributed by atoms with Crippen LogP contribution in [0.25, 0.3) is 0 Å². The van der Waals surface area contributed by atoms with E-state index in [1.807, 2.05) is 0 Å². The molecule has 0 saturated carbocycles. The summed E-state index contributed by atoms with van der Waals surface area (Å²) in [6.45, 7) is 4.97. The number of rotatable bonds is 6. The molecule has 1 aromatic heterocycles. The van der Waals surface area contributed by atoms with E-state index in [4.69, 9.17) is 4.74 Å². The second kappa shape index (κ2) is 8.57. The molecule has 1 atom stereocenters. The lowest BCUT2D eigenvalue weighted by Gasteiger charge is -2.35. The molecule has 0 unspecified atom stereocenters. The first-order valence-electron chi connectivity index (χ1n) is 8.53. The maximum Gasteiger partial charge on any atom is 0.307 e. The summed E-state index contributed by atoms with van der Waals surface area (Å²) in [5.74, 6) is -0.500. The summed E-state index contributed by atoms with van der Waals surface area (Å²) >= 11 is 1.09. The van der Waals surface area contributed by atoms with Gasteiger partial charge in [-0.1, -0.05) is 23.5 Å². The lowest BCUT2D eigenvalue weighted by molar-refractivity contribution is -0.122. The molecule has 1 aliphatic heterocycles. The van der Waals surface area contributed by atoms with Crippen molar-refractivity contribution in [2.75, 3.05) is 32.8 Å². The highest BCUT2D eigenvalue weighted by atomic mass is 32.1. The third kappa shape index (κ3) is 4.57. The number of carbonyl (C=O) groups is 1. The largest absolute Gasteiger partial charge is 0.379 e. The SMILES string of the molecule is Cc1csc(=O)n1CC(=O)NC[C@@H](c1ccc(F)cc1)N1CCOCC1. The number of ether oxygens (including phenoxy) is 1. The van der Waals surface area contributed by atoms with Gasteiger partial charge in [0.25, 0.3) is 0 Å². The van der Waals surface area contributed by atoms with Gasteiger partial charge in [-0.15, -0.1) is 0 Å². The van der Waals surface area contributed by atoms with Crippen molar-refractivity contribution >= 4 is 17.2 Å². The fourth-order valence-corrected chi connectivity index (χ4v) is 3.77. The smallest absolute Gasteiger partial charge is 0.307 e. The van der Waals surface area contributed by atoms with Crippen molar-refractivity contribution in [1.82, 2.24) is 14.8 Å². The second-order valence-electron chi connectivity index (χ2n) is 6.25. The Morgan fingerprint density at radius 3 is 2.62 bits per heavy atom. The van der Waals surface area contributed by atoms with E-state index in [1.165, 1.54) is 16.7 Å². The van der Waals surface area contributed by atoms with Crippen LogP contribution in [0.3, 0.4) is 0 Å². The molecule has 6 nitrogen and oxygen atoms in total. The van der Waals surface area contributed by atoms with Gasteiger partial charge in [-0.25, -0.2) is 4.39 Å². The van der Waals surface area contributed by atoms with Crippen LogP contribution >= 0.6 is 11.3 Å². The van der Waals surface area contributed by atoms with Gasteiger partial charge in [-0.2, -0.15) is 0 Å². The van der Waals surface area contributed by atoms with E-state index < -0.39 is 0 Å². The fourth-order valence-electron chi connectivity index (χ4n) is 3.04. The van der Waals surface area contributed by atoms with Crippen molar-refractivity contribution in [3.63, 3.8) is 0 Å². The van der Waals surface area contributed by atoms with Crippen molar-refractivity contribution in [1.29, 1.82) is 0 Å². The van der Waals surface area contributed by atoms with Crippen LogP contribution in [-0.4, -0.2) is 48.2 Å². The molecule has 0 spiro atoms. The van der Waals surface area contributed by atoms with E-state index in [9.17, 15) is 14.0 Å². The molecule has 1 N–H and O–H groups in total. The predicted molar refractivity (Wildman–Crippen MR) is 97.9 cm³/mol. The average molecular weight is 379 g/mol. The van der Waals surface area contributed by atoms with Gasteiger partial charge < -0.3 is 10.1 Å². The summed E-state index contributed by atoms with van der Waals surface area (Å²) in [6, 6.07) is 6.28. The zero-order chi connectivity index (χ0) is 18.5. The summed E-state index contributed by atoms with van der Waals surface area (Å²) in [5.41, 5.74) is 1.72. The molecule has 0 aliphatic carbocycles. The lowest BCUT2D eigenvalue weighted by atomic mass is 10.0. The van der Waals surface area contributed by atoms with Gasteiger partial charge in [0.2, 0.25) is 5.91 Å². The van der Waals surface area contributed by atoms with Crippen molar-refractivity contribution in [3.8, 4) is 0 Å². The van der Waals surface area contributed by atoms with E-state index in [1.54, 1.807) is 24.4 Å². The first kappa shape index (κ1) is 18.8. The van der Waals surface area contributed by atoms with Crippen LogP contribution in [0.4, 0.5) is 4.39 Å². The molecule has 2 heterocycles. The van der Waals surface area contributed by atoms with Crippen LogP contribution in [0.15, 0.2) is 34.4 Å². The minimum Gasteiger partial charge on any atom is -0.379 e. The maximum absolute atomic E-state index is 13.3. The maximum atomic E-state index is 13.3. The standard InChI is InChI=1S/C18H22FN3O3S/c1-13-12-26-18(24)22(13)11-17(23)20-10-16(21-6-8-25-9-7-21)14-2-4-15(19)5-3-14/h2-5,12,16H,6-11H2,1H3,(H,20,23)/t16-/m0/s1. The monoisotopic (exact) mass is 379 g/mol. The molecular formula is C18H22FN3O3S. The van der Waals surface area contributed by atoms with Gasteiger partial charge in [0, 0.05) is 30.7 Å². The Balaban J connectivity index is 1.68. The molecular weight excluding hydrogens is 357 g/mol. The Labute approximate surface area is 155 Å². The topological polar surface area (TPSA) is 63.6 Å². The van der Waals surface area contributed by atoms with Crippen LogP contribution in [-0.2, 0) is 16.1 Å². The number of halogens is 1. The normalized spacial score (nSPS) is 16.4. The van der Waals surface area contributed by atoms with Gasteiger partial charge >= 0.3 is 4.87 Å². The molecule has 8 heteroatoms. The molecule has 2 aromatic rings. The number of carbonyl (C=O) groups excluding carboxylic acids is 1. The van der Waals surface area contributed by atoms with E-state index >= 15 is 0 Å². The summed E-state index contributed by atoms with van der Waals surface area (Å²) in [7, 11) is 0. The first-order chi connectivity index (χ1) is 12.5. The molecule has 1 aromatic carbocycles. The van der Waals surface area contributed by atoms with Gasteiger partial charge in [0.05, 0.1) is 19.3 Å². The highest BCUT2D eigenvalue weighted by Crippen LogP contribution is 2.21. The number of aryl methyl sites for hydroxylation is 1. The van der Waals surface area contributed by atoms with Gasteiger partial charge in [-0.3, -0.25) is 19.1 Å². The number of amides is 1. The zero-order valence-electron chi connectivity index (χ0n) is 14.6. The number of thiazole rings is 1. The minimum atomic E-state index is -0.286. The molecule has 0 radical (unpaired) electrons. The van der Waals surface area contributed by atoms with E-state index in [-0.39, 0.29) is 29.2 Å². The van der Waals surface area contributed by atoms with Crippen molar-refractivity contribution in [3.05, 3.63) is 56.4 Å². The van der Waals surface area contributed by atoms with Crippen LogP contribution < -0.4 is 10.2 Å². The quantitative estimate of drug-likeness (QED) is 0.827. The van der Waals surface area contributed by atoms with Crippen LogP contribution in [0.2, 0.25) is 0 Å². The number of nitrogens with zero attached hydrogens (tertiary/aromatic N) is 2. The number of hydrogen-bond acceptors (Lipinski definition) is 5. The molecule has 140 valence electrons. The van der Waals surface area contributed by atoms with Crippen LogP contribution in [0.1, 0.15) is 17.3 Å². The Morgan fingerprint density at radius 1 is 1.31 bits per heavy atom. The molecule has 3 rings (SSSR count). The zero-order valence-corrected chi connectivity index (χ0v) is 15.4. The van der Waals surface area contributed by atoms with Crippen LogP contribution in [0.5, 0.6) is 0 Å². The van der Waals surface area contributed by atoms with Crippen molar-refractivity contribution in [2.24, 2.45) is 0 Å². The summed E-state index contributed by atoms with van der Waals surface area (Å²) in [5, 5.41) is 4.66. The average Bonchev–Trinajstić information content (AvgIpc) is 2.96. The Hall–Kier alpha value is -2.03. The predicted octanol–water partition coefficient (Wildman–Crippen LogP) is 1.55. The molecule has 1 aliphatic rings. The molecule has 1 saturated heterocycles. The summed E-state index contributed by atoms with van der Waals surface area (Å²) < 4.78 is 20.1. The number of hydrogen-bond donors (Lipinski definition) is 1. The Kier molecular flexibility index (Phi) is 6.18. The third-order valence-electron chi connectivity index (χ3n) is 4.51. The highest BCUT2D eigenvalue weighted by molar-refractivity contribution is 7.07. The fraction of sp³-hybridized carbons (Fsp3) is 0.444. The molecule has 0 bridgehead atoms. The van der Waals surface area contributed by atoms with Gasteiger partial charge in [0.15, 0.2) is 0 Å². The third-order valence-corrected chi connectivity index (χ3v) is 5.39. The van der Waals surface area contributed by atoms with E-state index in [0.29, 0.717) is 19.8 Å². The van der Waals surface area contributed by atoms with Crippen molar-refractivity contribution < 1.29 is 13.9 Å². The minimum absolute atomic E-state index is 0.00736. The number of morpholine rings is 1. The van der Waals surface area contributed by atoms with Gasteiger partial charge in [0.1, 0.15) is 12.4 Å². The Bertz CT molecular complexity index is 797. The molecule has 1 amide bonds. The van der Waals surface area contributed by atoms with Crippen molar-refractivity contribution in [2.45, 2.75) is 19.5 Å². The highest BCUT2D eigenvalue weighted by Gasteiger charge is 2.23. The number of nitrogens with one attached hydrogen (secondary N) is 1. The summed E-state index contributed by atoms with van der Waals surface area (Å²) in [4.78, 5) is 26.2. The van der Waals surface area contributed by atoms with Crippen LogP contribution in [0, 0.1) is 12.7 Å². The van der Waals surface area contributed by atoms with E-state index in [0.717, 1.165) is 35.7 Å². The van der Waals surface area contributed by atoms with E-state index in [2.05, 4.69) is 10.2 Å². The lowest BCUT2D eigenvalue weighted by Crippen LogP contribution is -2.44. The molecule has 1 fully saturated rings. The summed E-state index contributed by atoms with van der Waals surface area (Å²) in [6.07, 6.45) is 0.